The van der Waals surface area contributed by atoms with E-state index in [2.05, 4.69) is 49.1 Å². The number of carbonyl (C=O) groups is 1. The van der Waals surface area contributed by atoms with Crippen LogP contribution in [0.15, 0.2) is 54.6 Å². The van der Waals surface area contributed by atoms with Crippen LogP contribution in [0, 0.1) is 5.92 Å². The SMILES string of the molecule is CC1(C)Oc2ccccc2[C@@H]2O[C@@H]3CCN(Cc4ccc(/C=C/C(=O)O)cc4)[C@@H]3C[C@H]21. The zero-order valence-electron chi connectivity index (χ0n) is 18.0. The Bertz CT molecular complexity index is 997. The Kier molecular flexibility index (Phi) is 5.11. The van der Waals surface area contributed by atoms with Gasteiger partial charge in [-0.3, -0.25) is 4.90 Å². The molecule has 5 nitrogen and oxygen atoms in total. The largest absolute Gasteiger partial charge is 0.487 e. The maximum absolute atomic E-state index is 10.7. The molecule has 4 atom stereocenters. The first-order valence-corrected chi connectivity index (χ1v) is 11.1. The van der Waals surface area contributed by atoms with Crippen molar-refractivity contribution in [3.05, 3.63) is 71.3 Å². The molecule has 3 heterocycles. The number of benzene rings is 2. The number of fused-ring (bicyclic) bond motifs is 4. The number of rotatable bonds is 4. The molecule has 0 amide bonds. The van der Waals surface area contributed by atoms with Crippen molar-refractivity contribution < 1.29 is 19.4 Å². The topological polar surface area (TPSA) is 59.0 Å². The lowest BCUT2D eigenvalue weighted by Crippen LogP contribution is -2.53. The highest BCUT2D eigenvalue weighted by Crippen LogP contribution is 2.52. The number of ether oxygens (including phenoxy) is 2. The van der Waals surface area contributed by atoms with Gasteiger partial charge in [0.25, 0.3) is 0 Å². The second-order valence-corrected chi connectivity index (χ2v) is 9.42. The van der Waals surface area contributed by atoms with E-state index in [0.717, 1.165) is 37.2 Å². The van der Waals surface area contributed by atoms with Gasteiger partial charge in [0.05, 0.1) is 12.2 Å². The van der Waals surface area contributed by atoms with E-state index in [1.165, 1.54) is 17.2 Å². The van der Waals surface area contributed by atoms with Crippen LogP contribution in [0.1, 0.15) is 49.5 Å². The van der Waals surface area contributed by atoms with E-state index in [1.807, 2.05) is 18.2 Å². The lowest BCUT2D eigenvalue weighted by molar-refractivity contribution is -0.162. The molecule has 1 N–H and O–H groups in total. The number of hydrogen-bond donors (Lipinski definition) is 1. The summed E-state index contributed by atoms with van der Waals surface area (Å²) in [5.41, 5.74) is 3.05. The average molecular weight is 420 g/mol. The van der Waals surface area contributed by atoms with Gasteiger partial charge in [0, 0.05) is 36.7 Å². The molecule has 31 heavy (non-hydrogen) atoms. The van der Waals surface area contributed by atoms with Crippen molar-refractivity contribution in [1.29, 1.82) is 0 Å². The number of para-hydroxylation sites is 1. The first kappa shape index (κ1) is 20.3. The summed E-state index contributed by atoms with van der Waals surface area (Å²) in [7, 11) is 0. The summed E-state index contributed by atoms with van der Waals surface area (Å²) in [6, 6.07) is 16.8. The number of nitrogens with zero attached hydrogens (tertiary/aromatic N) is 1. The number of aliphatic carboxylic acids is 1. The third-order valence-electron chi connectivity index (χ3n) is 7.06. The van der Waals surface area contributed by atoms with Crippen molar-refractivity contribution in [2.24, 2.45) is 5.92 Å². The van der Waals surface area contributed by atoms with Gasteiger partial charge in [0.2, 0.25) is 0 Å². The monoisotopic (exact) mass is 419 g/mol. The van der Waals surface area contributed by atoms with Crippen molar-refractivity contribution in [2.75, 3.05) is 6.54 Å². The number of carboxylic acids is 1. The third kappa shape index (κ3) is 3.88. The van der Waals surface area contributed by atoms with Crippen molar-refractivity contribution in [3.8, 4) is 5.75 Å². The molecule has 2 saturated heterocycles. The molecule has 0 unspecified atom stereocenters. The van der Waals surface area contributed by atoms with Crippen LogP contribution in [-0.2, 0) is 16.1 Å². The van der Waals surface area contributed by atoms with E-state index in [9.17, 15) is 4.79 Å². The van der Waals surface area contributed by atoms with E-state index in [-0.39, 0.29) is 17.8 Å². The van der Waals surface area contributed by atoms with Gasteiger partial charge in [-0.05, 0) is 50.0 Å². The van der Waals surface area contributed by atoms with Crippen molar-refractivity contribution in [2.45, 2.75) is 57.1 Å². The quantitative estimate of drug-likeness (QED) is 0.730. The lowest BCUT2D eigenvalue weighted by Gasteiger charge is -2.50. The van der Waals surface area contributed by atoms with E-state index in [0.29, 0.717) is 12.0 Å². The van der Waals surface area contributed by atoms with Gasteiger partial charge < -0.3 is 14.6 Å². The first-order valence-electron chi connectivity index (χ1n) is 11.1. The van der Waals surface area contributed by atoms with Gasteiger partial charge in [-0.2, -0.15) is 0 Å². The van der Waals surface area contributed by atoms with Crippen LogP contribution in [-0.4, -0.2) is 40.3 Å². The minimum absolute atomic E-state index is 0.0986. The fourth-order valence-electron chi connectivity index (χ4n) is 5.45. The van der Waals surface area contributed by atoms with Gasteiger partial charge in [0.15, 0.2) is 0 Å². The molecular weight excluding hydrogens is 390 g/mol. The molecule has 0 spiro atoms. The maximum Gasteiger partial charge on any atom is 0.328 e. The molecule has 5 heteroatoms. The highest BCUT2D eigenvalue weighted by molar-refractivity contribution is 5.85. The average Bonchev–Trinajstić information content (AvgIpc) is 3.14. The Morgan fingerprint density at radius 2 is 1.97 bits per heavy atom. The van der Waals surface area contributed by atoms with Gasteiger partial charge >= 0.3 is 5.97 Å². The molecule has 162 valence electrons. The van der Waals surface area contributed by atoms with Crippen LogP contribution in [0.5, 0.6) is 5.75 Å². The van der Waals surface area contributed by atoms with E-state index >= 15 is 0 Å². The van der Waals surface area contributed by atoms with E-state index in [1.54, 1.807) is 6.08 Å². The summed E-state index contributed by atoms with van der Waals surface area (Å²) in [5, 5.41) is 8.79. The Morgan fingerprint density at radius 1 is 1.19 bits per heavy atom. The van der Waals surface area contributed by atoms with E-state index < -0.39 is 5.97 Å². The lowest BCUT2D eigenvalue weighted by atomic mass is 9.74. The molecule has 0 aromatic heterocycles. The van der Waals surface area contributed by atoms with Gasteiger partial charge in [-0.1, -0.05) is 42.5 Å². The minimum atomic E-state index is -0.931. The molecule has 0 radical (unpaired) electrons. The zero-order valence-corrected chi connectivity index (χ0v) is 18.0. The van der Waals surface area contributed by atoms with E-state index in [4.69, 9.17) is 14.6 Å². The molecular formula is C26H29NO4. The minimum Gasteiger partial charge on any atom is -0.487 e. The molecule has 3 aliphatic heterocycles. The summed E-state index contributed by atoms with van der Waals surface area (Å²) in [5.74, 6) is 0.340. The van der Waals surface area contributed by atoms with Crippen molar-refractivity contribution in [3.63, 3.8) is 0 Å². The fraction of sp³-hybridized carbons (Fsp3) is 0.423. The van der Waals surface area contributed by atoms with Crippen molar-refractivity contribution >= 4 is 12.0 Å². The maximum atomic E-state index is 10.7. The van der Waals surface area contributed by atoms with Crippen LogP contribution < -0.4 is 4.74 Å². The van der Waals surface area contributed by atoms with Gasteiger partial charge in [0.1, 0.15) is 11.4 Å². The summed E-state index contributed by atoms with van der Waals surface area (Å²) < 4.78 is 13.1. The number of carboxylic acid groups (broad SMARTS) is 1. The molecule has 3 aliphatic rings. The standard InChI is InChI=1S/C26H29NO4/c1-26(2)20-15-21-23(30-25(20)19-5-3-4-6-22(19)31-26)13-14-27(21)16-18-9-7-17(8-10-18)11-12-24(28)29/h3-12,20-21,23,25H,13-16H2,1-2H3,(H,28,29)/b12-11+/t20-,21-,23-,25+/m1/s1. The van der Waals surface area contributed by atoms with Crippen LogP contribution in [0.2, 0.25) is 0 Å². The number of hydrogen-bond acceptors (Lipinski definition) is 4. The molecule has 2 fully saturated rings. The van der Waals surface area contributed by atoms with Crippen LogP contribution in [0.3, 0.4) is 0 Å². The van der Waals surface area contributed by atoms with Gasteiger partial charge in [-0.25, -0.2) is 4.79 Å². The Morgan fingerprint density at radius 3 is 2.74 bits per heavy atom. The van der Waals surface area contributed by atoms with Crippen LogP contribution >= 0.6 is 0 Å². The normalized spacial score (nSPS) is 29.1. The molecule has 2 aromatic carbocycles. The molecule has 5 rings (SSSR count). The molecule has 0 aliphatic carbocycles. The molecule has 2 aromatic rings. The van der Waals surface area contributed by atoms with Crippen LogP contribution in [0.4, 0.5) is 0 Å². The smallest absolute Gasteiger partial charge is 0.328 e. The second kappa shape index (κ2) is 7.81. The Hall–Kier alpha value is -2.63. The van der Waals surface area contributed by atoms with Crippen molar-refractivity contribution in [1.82, 2.24) is 4.90 Å². The highest BCUT2D eigenvalue weighted by Gasteiger charge is 2.52. The zero-order chi connectivity index (χ0) is 21.6. The summed E-state index contributed by atoms with van der Waals surface area (Å²) in [6.45, 7) is 6.28. The third-order valence-corrected chi connectivity index (χ3v) is 7.06. The molecule has 0 bridgehead atoms. The number of likely N-dealkylation sites (tertiary alicyclic amines) is 1. The predicted octanol–water partition coefficient (Wildman–Crippen LogP) is 4.68. The summed E-state index contributed by atoms with van der Waals surface area (Å²) >= 11 is 0. The summed E-state index contributed by atoms with van der Waals surface area (Å²) in [4.78, 5) is 13.2. The Balaban J connectivity index is 1.32. The Labute approximate surface area is 183 Å². The van der Waals surface area contributed by atoms with Gasteiger partial charge in [-0.15, -0.1) is 0 Å². The molecule has 0 saturated carbocycles. The highest BCUT2D eigenvalue weighted by atomic mass is 16.5. The first-order chi connectivity index (χ1) is 14.9. The predicted molar refractivity (Wildman–Crippen MR) is 119 cm³/mol. The fourth-order valence-corrected chi connectivity index (χ4v) is 5.45. The van der Waals surface area contributed by atoms with Crippen LogP contribution in [0.25, 0.3) is 6.08 Å². The second-order valence-electron chi connectivity index (χ2n) is 9.42. The summed E-state index contributed by atoms with van der Waals surface area (Å²) in [6.07, 6.45) is 5.26.